The summed E-state index contributed by atoms with van der Waals surface area (Å²) in [6.07, 6.45) is 5.06. The Morgan fingerprint density at radius 2 is 1.75 bits per heavy atom. The minimum Gasteiger partial charge on any atom is -0.356 e. The van der Waals surface area contributed by atoms with Crippen molar-refractivity contribution in [3.8, 4) is 0 Å². The SMILES string of the molecule is CC1=C(CCN2CCCC2)c2cc(Nc3ccccc3)ccc2C1. The van der Waals surface area contributed by atoms with E-state index in [2.05, 4.69) is 65.7 Å². The molecular weight excluding hydrogens is 292 g/mol. The van der Waals surface area contributed by atoms with Crippen molar-refractivity contribution in [1.82, 2.24) is 4.90 Å². The van der Waals surface area contributed by atoms with E-state index >= 15 is 0 Å². The van der Waals surface area contributed by atoms with Crippen LogP contribution in [-0.4, -0.2) is 24.5 Å². The summed E-state index contributed by atoms with van der Waals surface area (Å²) in [5.74, 6) is 0. The van der Waals surface area contributed by atoms with Crippen molar-refractivity contribution < 1.29 is 0 Å². The van der Waals surface area contributed by atoms with Crippen molar-refractivity contribution >= 4 is 16.9 Å². The number of hydrogen-bond acceptors (Lipinski definition) is 2. The number of likely N-dealkylation sites (tertiary alicyclic amines) is 1. The molecule has 2 heteroatoms. The first-order valence-electron chi connectivity index (χ1n) is 9.16. The average molecular weight is 318 g/mol. The van der Waals surface area contributed by atoms with E-state index in [0.29, 0.717) is 0 Å². The van der Waals surface area contributed by atoms with Gasteiger partial charge >= 0.3 is 0 Å². The third kappa shape index (κ3) is 3.25. The summed E-state index contributed by atoms with van der Waals surface area (Å²) in [7, 11) is 0. The zero-order valence-corrected chi connectivity index (χ0v) is 14.5. The van der Waals surface area contributed by atoms with Crippen LogP contribution in [0.15, 0.2) is 54.1 Å². The largest absolute Gasteiger partial charge is 0.356 e. The Balaban J connectivity index is 1.52. The van der Waals surface area contributed by atoms with Crippen molar-refractivity contribution in [2.24, 2.45) is 0 Å². The van der Waals surface area contributed by atoms with Crippen LogP contribution >= 0.6 is 0 Å². The van der Waals surface area contributed by atoms with E-state index in [1.807, 2.05) is 0 Å². The van der Waals surface area contributed by atoms with Gasteiger partial charge in [0, 0.05) is 17.9 Å². The van der Waals surface area contributed by atoms with Crippen molar-refractivity contribution in [3.63, 3.8) is 0 Å². The molecule has 1 aliphatic carbocycles. The molecule has 2 aromatic carbocycles. The van der Waals surface area contributed by atoms with E-state index in [9.17, 15) is 0 Å². The van der Waals surface area contributed by atoms with Crippen LogP contribution < -0.4 is 5.32 Å². The monoisotopic (exact) mass is 318 g/mol. The minimum absolute atomic E-state index is 1.12. The molecule has 1 heterocycles. The van der Waals surface area contributed by atoms with Crippen molar-refractivity contribution in [2.45, 2.75) is 32.6 Å². The van der Waals surface area contributed by atoms with Gasteiger partial charge in [-0.05, 0) is 86.7 Å². The van der Waals surface area contributed by atoms with Crippen LogP contribution in [0.2, 0.25) is 0 Å². The lowest BCUT2D eigenvalue weighted by Crippen LogP contribution is -2.20. The Morgan fingerprint density at radius 3 is 2.54 bits per heavy atom. The number of nitrogens with zero attached hydrogens (tertiary/aromatic N) is 1. The molecule has 0 aromatic heterocycles. The minimum atomic E-state index is 1.12. The molecule has 0 amide bonds. The number of para-hydroxylation sites is 1. The summed E-state index contributed by atoms with van der Waals surface area (Å²) in [6, 6.07) is 17.3. The van der Waals surface area contributed by atoms with Gasteiger partial charge in [0.15, 0.2) is 0 Å². The molecule has 0 bridgehead atoms. The molecule has 2 aromatic rings. The Kier molecular flexibility index (Phi) is 4.40. The Bertz CT molecular complexity index is 740. The van der Waals surface area contributed by atoms with Gasteiger partial charge in [-0.2, -0.15) is 0 Å². The first kappa shape index (κ1) is 15.5. The highest BCUT2D eigenvalue weighted by Gasteiger charge is 2.20. The molecule has 2 aliphatic rings. The molecule has 1 saturated heterocycles. The number of allylic oxidation sites excluding steroid dienone is 1. The highest BCUT2D eigenvalue weighted by molar-refractivity contribution is 5.79. The second kappa shape index (κ2) is 6.82. The Labute approximate surface area is 145 Å². The fourth-order valence-corrected chi connectivity index (χ4v) is 4.02. The van der Waals surface area contributed by atoms with Gasteiger partial charge in [-0.3, -0.25) is 0 Å². The molecule has 124 valence electrons. The predicted octanol–water partition coefficient (Wildman–Crippen LogP) is 5.25. The van der Waals surface area contributed by atoms with Crippen LogP contribution in [-0.2, 0) is 6.42 Å². The van der Waals surface area contributed by atoms with Crippen LogP contribution in [0.1, 0.15) is 37.3 Å². The molecule has 0 unspecified atom stereocenters. The molecule has 2 nitrogen and oxygen atoms in total. The highest BCUT2D eigenvalue weighted by atomic mass is 15.1. The van der Waals surface area contributed by atoms with E-state index in [1.165, 1.54) is 55.7 Å². The molecule has 1 fully saturated rings. The zero-order chi connectivity index (χ0) is 16.4. The molecule has 1 N–H and O–H groups in total. The molecule has 4 rings (SSSR count). The number of benzene rings is 2. The van der Waals surface area contributed by atoms with Gasteiger partial charge in [0.1, 0.15) is 0 Å². The average Bonchev–Trinajstić information content (AvgIpc) is 3.21. The second-order valence-corrected chi connectivity index (χ2v) is 7.10. The number of rotatable bonds is 5. The van der Waals surface area contributed by atoms with E-state index in [-0.39, 0.29) is 0 Å². The third-order valence-electron chi connectivity index (χ3n) is 5.34. The maximum Gasteiger partial charge on any atom is 0.0390 e. The summed E-state index contributed by atoms with van der Waals surface area (Å²) >= 11 is 0. The van der Waals surface area contributed by atoms with E-state index in [1.54, 1.807) is 11.1 Å². The smallest absolute Gasteiger partial charge is 0.0390 e. The normalized spacial score (nSPS) is 17.4. The number of hydrogen-bond donors (Lipinski definition) is 1. The second-order valence-electron chi connectivity index (χ2n) is 7.10. The fourth-order valence-electron chi connectivity index (χ4n) is 4.02. The van der Waals surface area contributed by atoms with Gasteiger partial charge in [-0.1, -0.05) is 29.8 Å². The summed E-state index contributed by atoms with van der Waals surface area (Å²) in [4.78, 5) is 2.62. The summed E-state index contributed by atoms with van der Waals surface area (Å²) in [5, 5.41) is 3.53. The summed E-state index contributed by atoms with van der Waals surface area (Å²) in [6.45, 7) is 6.09. The highest BCUT2D eigenvalue weighted by Crippen LogP contribution is 2.37. The van der Waals surface area contributed by atoms with Crippen LogP contribution in [0.25, 0.3) is 5.57 Å². The van der Waals surface area contributed by atoms with E-state index in [4.69, 9.17) is 0 Å². The van der Waals surface area contributed by atoms with Gasteiger partial charge in [0.2, 0.25) is 0 Å². The van der Waals surface area contributed by atoms with Gasteiger partial charge in [0.05, 0.1) is 0 Å². The Hall–Kier alpha value is -2.06. The van der Waals surface area contributed by atoms with Crippen molar-refractivity contribution in [2.75, 3.05) is 25.0 Å². The van der Waals surface area contributed by atoms with Crippen LogP contribution in [0.4, 0.5) is 11.4 Å². The molecule has 0 radical (unpaired) electrons. The maximum absolute atomic E-state index is 3.53. The van der Waals surface area contributed by atoms with Gasteiger partial charge < -0.3 is 10.2 Å². The molecule has 0 saturated carbocycles. The molecule has 0 spiro atoms. The maximum atomic E-state index is 3.53. The van der Waals surface area contributed by atoms with Crippen LogP contribution in [0.3, 0.4) is 0 Å². The lowest BCUT2D eigenvalue weighted by atomic mass is 10.0. The summed E-state index contributed by atoms with van der Waals surface area (Å²) in [5.41, 5.74) is 8.42. The Morgan fingerprint density at radius 1 is 0.958 bits per heavy atom. The van der Waals surface area contributed by atoms with Gasteiger partial charge in [-0.25, -0.2) is 0 Å². The predicted molar refractivity (Wildman–Crippen MR) is 103 cm³/mol. The number of fused-ring (bicyclic) bond motifs is 1. The quantitative estimate of drug-likeness (QED) is 0.810. The number of anilines is 2. The summed E-state index contributed by atoms with van der Waals surface area (Å²) < 4.78 is 0. The first-order valence-corrected chi connectivity index (χ1v) is 9.16. The number of nitrogens with one attached hydrogen (secondary N) is 1. The fraction of sp³-hybridized carbons (Fsp3) is 0.364. The molecular formula is C22H26N2. The first-order chi connectivity index (χ1) is 11.8. The molecule has 24 heavy (non-hydrogen) atoms. The lowest BCUT2D eigenvalue weighted by Gasteiger charge is -2.16. The third-order valence-corrected chi connectivity index (χ3v) is 5.34. The van der Waals surface area contributed by atoms with Crippen molar-refractivity contribution in [3.05, 3.63) is 65.2 Å². The van der Waals surface area contributed by atoms with Gasteiger partial charge in [-0.15, -0.1) is 0 Å². The molecule has 1 aliphatic heterocycles. The lowest BCUT2D eigenvalue weighted by molar-refractivity contribution is 0.348. The van der Waals surface area contributed by atoms with E-state index < -0.39 is 0 Å². The van der Waals surface area contributed by atoms with E-state index in [0.717, 1.165) is 12.1 Å². The van der Waals surface area contributed by atoms with Gasteiger partial charge in [0.25, 0.3) is 0 Å². The van der Waals surface area contributed by atoms with Crippen LogP contribution in [0.5, 0.6) is 0 Å². The topological polar surface area (TPSA) is 15.3 Å². The standard InChI is InChI=1S/C22H26N2/c1-17-15-18-9-10-20(23-19-7-3-2-4-8-19)16-22(18)21(17)11-14-24-12-5-6-13-24/h2-4,7-10,16,23H,5-6,11-15H2,1H3. The molecule has 0 atom stereocenters. The zero-order valence-electron chi connectivity index (χ0n) is 14.5. The van der Waals surface area contributed by atoms with Crippen LogP contribution in [0, 0.1) is 0 Å². The van der Waals surface area contributed by atoms with Crippen molar-refractivity contribution in [1.29, 1.82) is 0 Å².